The van der Waals surface area contributed by atoms with E-state index in [1.807, 2.05) is 51.2 Å². The van der Waals surface area contributed by atoms with E-state index in [1.165, 1.54) is 11.8 Å². The van der Waals surface area contributed by atoms with Gasteiger partial charge in [0.15, 0.2) is 0 Å². The monoisotopic (exact) mass is 428 g/mol. The molecule has 0 N–H and O–H groups in total. The van der Waals surface area contributed by atoms with Crippen molar-refractivity contribution < 1.29 is 14.3 Å². The fourth-order valence-electron chi connectivity index (χ4n) is 2.31. The van der Waals surface area contributed by atoms with Gasteiger partial charge in [-0.25, -0.2) is 0 Å². The highest BCUT2D eigenvalue weighted by atomic mass is 79.9. The summed E-state index contributed by atoms with van der Waals surface area (Å²) in [7, 11) is 0. The van der Waals surface area contributed by atoms with Crippen LogP contribution >= 0.6 is 28.7 Å². The number of ether oxygens (including phenoxy) is 1. The van der Waals surface area contributed by atoms with E-state index in [0.717, 1.165) is 17.0 Å². The Morgan fingerprint density at radius 1 is 1.20 bits per heavy atom. The molecule has 25 heavy (non-hydrogen) atoms. The van der Waals surface area contributed by atoms with Crippen molar-refractivity contribution in [1.29, 1.82) is 0 Å². The van der Waals surface area contributed by atoms with Crippen LogP contribution in [0.3, 0.4) is 0 Å². The van der Waals surface area contributed by atoms with E-state index < -0.39 is 4.75 Å². The zero-order chi connectivity index (χ0) is 17.7. The zero-order valence-corrected chi connectivity index (χ0v) is 17.6. The first kappa shape index (κ1) is 21.6. The van der Waals surface area contributed by atoms with Crippen molar-refractivity contribution >= 4 is 40.6 Å². The smallest absolute Gasteiger partial charge is 0.321 e. The highest BCUT2D eigenvalue weighted by Crippen LogP contribution is 2.33. The van der Waals surface area contributed by atoms with E-state index in [1.54, 1.807) is 18.0 Å². The lowest BCUT2D eigenvalue weighted by molar-refractivity contribution is -0.145. The zero-order valence-electron chi connectivity index (χ0n) is 15.0. The molecule has 2 rings (SSSR count). The Labute approximate surface area is 164 Å². The van der Waals surface area contributed by atoms with Crippen molar-refractivity contribution in [1.82, 2.24) is 9.80 Å². The quantitative estimate of drug-likeness (QED) is 0.509. The Bertz CT molecular complexity index is 632. The second kappa shape index (κ2) is 9.29. The first-order valence-corrected chi connectivity index (χ1v) is 8.78. The van der Waals surface area contributed by atoms with Crippen LogP contribution in [0.5, 0.6) is 0 Å². The normalized spacial score (nSPS) is 13.6. The highest BCUT2D eigenvalue weighted by Gasteiger charge is 2.30. The highest BCUT2D eigenvalue weighted by molar-refractivity contribution is 8.93. The summed E-state index contributed by atoms with van der Waals surface area (Å²) in [6.07, 6.45) is 3.72. The molecule has 0 saturated carbocycles. The van der Waals surface area contributed by atoms with Crippen molar-refractivity contribution in [2.24, 2.45) is 0 Å². The van der Waals surface area contributed by atoms with E-state index in [4.69, 9.17) is 4.74 Å². The van der Waals surface area contributed by atoms with Gasteiger partial charge in [-0.3, -0.25) is 14.5 Å². The Morgan fingerprint density at radius 2 is 1.84 bits per heavy atom. The van der Waals surface area contributed by atoms with Gasteiger partial charge in [0.2, 0.25) is 5.91 Å². The summed E-state index contributed by atoms with van der Waals surface area (Å²) in [5.74, 6) is -0.160. The molecule has 0 aliphatic carbocycles. The predicted molar refractivity (Wildman–Crippen MR) is 105 cm³/mol. The number of carbonyl (C=O) groups excluding carboxylic acids is 2. The van der Waals surface area contributed by atoms with Crippen LogP contribution in [0.2, 0.25) is 0 Å². The van der Waals surface area contributed by atoms with Gasteiger partial charge in [0.05, 0.1) is 13.3 Å². The largest absolute Gasteiger partial charge is 0.465 e. The number of amides is 1. The molecular weight excluding hydrogens is 404 g/mol. The van der Waals surface area contributed by atoms with Crippen LogP contribution in [0.4, 0.5) is 0 Å². The molecule has 7 heteroatoms. The minimum atomic E-state index is -0.614. The van der Waals surface area contributed by atoms with Crippen molar-refractivity contribution in [3.63, 3.8) is 0 Å². The summed E-state index contributed by atoms with van der Waals surface area (Å²) in [4.78, 5) is 28.1. The average Bonchev–Trinajstić information content (AvgIpc) is 2.98. The van der Waals surface area contributed by atoms with Gasteiger partial charge in [0.1, 0.15) is 4.75 Å². The summed E-state index contributed by atoms with van der Waals surface area (Å²) in [6.45, 7) is 8.83. The SMILES string of the molecule is Br.CCOC(=O)C(C)(C)Sc1ccc(CN2C=CN(C(C)=O)C2)cc1. The lowest BCUT2D eigenvalue weighted by Gasteiger charge is -2.22. The molecule has 1 aliphatic rings. The van der Waals surface area contributed by atoms with Crippen molar-refractivity contribution in [2.75, 3.05) is 13.3 Å². The minimum Gasteiger partial charge on any atom is -0.465 e. The first-order chi connectivity index (χ1) is 11.3. The molecule has 1 heterocycles. The fourth-order valence-corrected chi connectivity index (χ4v) is 3.31. The van der Waals surface area contributed by atoms with Gasteiger partial charge in [0.25, 0.3) is 0 Å². The maximum absolute atomic E-state index is 12.0. The lowest BCUT2D eigenvalue weighted by Crippen LogP contribution is -2.29. The molecule has 0 saturated heterocycles. The van der Waals surface area contributed by atoms with E-state index in [-0.39, 0.29) is 28.9 Å². The number of thioether (sulfide) groups is 1. The number of esters is 1. The summed E-state index contributed by atoms with van der Waals surface area (Å²) in [6, 6.07) is 8.13. The van der Waals surface area contributed by atoms with Crippen LogP contribution < -0.4 is 0 Å². The van der Waals surface area contributed by atoms with Crippen molar-refractivity contribution in [3.8, 4) is 0 Å². The van der Waals surface area contributed by atoms with E-state index in [2.05, 4.69) is 4.90 Å². The van der Waals surface area contributed by atoms with Gasteiger partial charge >= 0.3 is 5.97 Å². The summed E-state index contributed by atoms with van der Waals surface area (Å²) >= 11 is 1.49. The number of carbonyl (C=O) groups is 2. The van der Waals surface area contributed by atoms with E-state index in [9.17, 15) is 9.59 Å². The molecule has 0 spiro atoms. The number of hydrogen-bond acceptors (Lipinski definition) is 5. The van der Waals surface area contributed by atoms with Gasteiger partial charge in [-0.15, -0.1) is 28.7 Å². The summed E-state index contributed by atoms with van der Waals surface area (Å²) in [5.41, 5.74) is 1.16. The second-order valence-corrected chi connectivity index (χ2v) is 7.85. The topological polar surface area (TPSA) is 49.9 Å². The number of nitrogens with zero attached hydrogens (tertiary/aromatic N) is 2. The number of rotatable bonds is 6. The molecule has 1 amide bonds. The second-order valence-electron chi connectivity index (χ2n) is 6.15. The molecule has 5 nitrogen and oxygen atoms in total. The van der Waals surface area contributed by atoms with Crippen LogP contribution in [-0.2, 0) is 20.9 Å². The molecule has 0 atom stereocenters. The summed E-state index contributed by atoms with van der Waals surface area (Å²) < 4.78 is 4.50. The molecule has 0 bridgehead atoms. The van der Waals surface area contributed by atoms with Crippen LogP contribution in [0.25, 0.3) is 0 Å². The number of benzene rings is 1. The average molecular weight is 429 g/mol. The van der Waals surface area contributed by atoms with Crippen molar-refractivity contribution in [3.05, 3.63) is 42.2 Å². The third-order valence-electron chi connectivity index (χ3n) is 3.64. The standard InChI is InChI=1S/C18H24N2O3S.BrH/c1-5-23-17(22)18(3,4)24-16-8-6-15(7-9-16)12-19-10-11-20(13-19)14(2)21;/h6-11H,5,12-13H2,1-4H3;1H. The van der Waals surface area contributed by atoms with Gasteiger partial charge < -0.3 is 9.64 Å². The maximum atomic E-state index is 12.0. The lowest BCUT2D eigenvalue weighted by atomic mass is 10.2. The van der Waals surface area contributed by atoms with E-state index >= 15 is 0 Å². The molecule has 0 fully saturated rings. The molecular formula is C18H25BrN2O3S. The summed E-state index contributed by atoms with van der Waals surface area (Å²) in [5, 5.41) is 0. The number of halogens is 1. The Morgan fingerprint density at radius 3 is 2.36 bits per heavy atom. The van der Waals surface area contributed by atoms with Gasteiger partial charge in [-0.1, -0.05) is 12.1 Å². The van der Waals surface area contributed by atoms with Gasteiger partial charge in [-0.2, -0.15) is 0 Å². The Kier molecular flexibility index (Phi) is 8.02. The first-order valence-electron chi connectivity index (χ1n) is 7.96. The van der Waals surface area contributed by atoms with Gasteiger partial charge in [-0.05, 0) is 38.5 Å². The predicted octanol–water partition coefficient (Wildman–Crippen LogP) is 3.79. The maximum Gasteiger partial charge on any atom is 0.321 e. The number of hydrogen-bond donors (Lipinski definition) is 0. The van der Waals surface area contributed by atoms with Crippen LogP contribution in [0, 0.1) is 0 Å². The molecule has 0 unspecified atom stereocenters. The van der Waals surface area contributed by atoms with Gasteiger partial charge in [0, 0.05) is 30.8 Å². The van der Waals surface area contributed by atoms with Crippen LogP contribution in [0.1, 0.15) is 33.3 Å². The molecule has 1 aromatic rings. The van der Waals surface area contributed by atoms with Crippen molar-refractivity contribution in [2.45, 2.75) is 43.9 Å². The molecule has 0 aromatic heterocycles. The molecule has 138 valence electrons. The Hall–Kier alpha value is -1.47. The third-order valence-corrected chi connectivity index (χ3v) is 4.83. The Balaban J connectivity index is 0.00000312. The van der Waals surface area contributed by atoms with Crippen LogP contribution in [0.15, 0.2) is 41.6 Å². The fraction of sp³-hybridized carbons (Fsp3) is 0.444. The van der Waals surface area contributed by atoms with E-state index in [0.29, 0.717) is 13.3 Å². The molecule has 0 radical (unpaired) electrons. The van der Waals surface area contributed by atoms with Crippen LogP contribution in [-0.4, -0.2) is 39.7 Å². The third kappa shape index (κ3) is 6.08. The molecule has 1 aliphatic heterocycles. The molecule has 1 aromatic carbocycles. The minimum absolute atomic E-state index is 0.